The van der Waals surface area contributed by atoms with Crippen molar-refractivity contribution in [3.05, 3.63) is 35.4 Å². The number of hydrogen-bond donors (Lipinski definition) is 2. The zero-order valence-electron chi connectivity index (χ0n) is 11.8. The highest BCUT2D eigenvalue weighted by Crippen LogP contribution is 2.05. The van der Waals surface area contributed by atoms with Crippen molar-refractivity contribution in [2.75, 3.05) is 18.6 Å². The number of benzene rings is 1. The Kier molecular flexibility index (Phi) is 7.60. The van der Waals surface area contributed by atoms with Crippen LogP contribution in [0.4, 0.5) is 0 Å². The van der Waals surface area contributed by atoms with Gasteiger partial charge in [0.2, 0.25) is 5.91 Å². The van der Waals surface area contributed by atoms with E-state index in [2.05, 4.69) is 36.5 Å². The van der Waals surface area contributed by atoms with Crippen LogP contribution in [0, 0.1) is 0 Å². The second-order valence-corrected chi connectivity index (χ2v) is 5.58. The summed E-state index contributed by atoms with van der Waals surface area (Å²) in [7, 11) is 0. The first-order chi connectivity index (χ1) is 9.17. The predicted octanol–water partition coefficient (Wildman–Crippen LogP) is 1.99. The molecule has 106 valence electrons. The van der Waals surface area contributed by atoms with E-state index in [-0.39, 0.29) is 11.9 Å². The molecule has 0 heterocycles. The molecule has 19 heavy (non-hydrogen) atoms. The third-order valence-electron chi connectivity index (χ3n) is 3.11. The zero-order valence-corrected chi connectivity index (χ0v) is 12.6. The van der Waals surface area contributed by atoms with Crippen LogP contribution in [0.3, 0.4) is 0 Å². The SMILES string of the molecule is CCc1ccc(CCNC(=O)[C@@H](N)CCSC)cc1. The fourth-order valence-electron chi connectivity index (χ4n) is 1.78. The number of aryl methyl sites for hydroxylation is 1. The van der Waals surface area contributed by atoms with Crippen molar-refractivity contribution < 1.29 is 4.79 Å². The lowest BCUT2D eigenvalue weighted by molar-refractivity contribution is -0.122. The summed E-state index contributed by atoms with van der Waals surface area (Å²) in [6.07, 6.45) is 4.66. The van der Waals surface area contributed by atoms with Crippen molar-refractivity contribution in [3.8, 4) is 0 Å². The van der Waals surface area contributed by atoms with Gasteiger partial charge in [-0.1, -0.05) is 31.2 Å². The van der Waals surface area contributed by atoms with Gasteiger partial charge in [0.1, 0.15) is 0 Å². The third kappa shape index (κ3) is 6.12. The van der Waals surface area contributed by atoms with Crippen LogP contribution >= 0.6 is 11.8 Å². The van der Waals surface area contributed by atoms with Crippen LogP contribution in [-0.4, -0.2) is 30.5 Å². The van der Waals surface area contributed by atoms with Crippen LogP contribution in [0.1, 0.15) is 24.5 Å². The van der Waals surface area contributed by atoms with Crippen molar-refractivity contribution >= 4 is 17.7 Å². The smallest absolute Gasteiger partial charge is 0.236 e. The van der Waals surface area contributed by atoms with Crippen LogP contribution < -0.4 is 11.1 Å². The van der Waals surface area contributed by atoms with E-state index >= 15 is 0 Å². The van der Waals surface area contributed by atoms with Crippen LogP contribution in [0.2, 0.25) is 0 Å². The summed E-state index contributed by atoms with van der Waals surface area (Å²) in [5.41, 5.74) is 8.38. The van der Waals surface area contributed by atoms with Crippen molar-refractivity contribution in [1.82, 2.24) is 5.32 Å². The van der Waals surface area contributed by atoms with Crippen molar-refractivity contribution in [2.24, 2.45) is 5.73 Å². The maximum absolute atomic E-state index is 11.7. The molecule has 0 saturated carbocycles. The molecule has 1 rings (SSSR count). The first kappa shape index (κ1) is 16.1. The van der Waals surface area contributed by atoms with Crippen molar-refractivity contribution in [2.45, 2.75) is 32.2 Å². The van der Waals surface area contributed by atoms with Gasteiger partial charge in [-0.15, -0.1) is 0 Å². The lowest BCUT2D eigenvalue weighted by atomic mass is 10.1. The minimum atomic E-state index is -0.380. The molecule has 0 radical (unpaired) electrons. The van der Waals surface area contributed by atoms with Crippen molar-refractivity contribution in [1.29, 1.82) is 0 Å². The van der Waals surface area contributed by atoms with Gasteiger partial charge in [-0.2, -0.15) is 11.8 Å². The molecule has 0 fully saturated rings. The van der Waals surface area contributed by atoms with Gasteiger partial charge in [0.05, 0.1) is 6.04 Å². The molecule has 0 spiro atoms. The molecule has 0 aliphatic carbocycles. The highest BCUT2D eigenvalue weighted by atomic mass is 32.2. The van der Waals surface area contributed by atoms with Gasteiger partial charge in [-0.3, -0.25) is 4.79 Å². The van der Waals surface area contributed by atoms with E-state index in [0.29, 0.717) is 6.54 Å². The van der Waals surface area contributed by atoms with E-state index in [4.69, 9.17) is 5.73 Å². The Bertz CT molecular complexity index is 378. The predicted molar refractivity (Wildman–Crippen MR) is 83.5 cm³/mol. The van der Waals surface area contributed by atoms with E-state index in [1.807, 2.05) is 6.26 Å². The molecule has 1 aromatic carbocycles. The minimum Gasteiger partial charge on any atom is -0.354 e. The third-order valence-corrected chi connectivity index (χ3v) is 3.76. The molecular weight excluding hydrogens is 256 g/mol. The van der Waals surface area contributed by atoms with Gasteiger partial charge in [-0.25, -0.2) is 0 Å². The van der Waals surface area contributed by atoms with Crippen LogP contribution in [0.5, 0.6) is 0 Å². The summed E-state index contributed by atoms with van der Waals surface area (Å²) in [6.45, 7) is 2.79. The summed E-state index contributed by atoms with van der Waals surface area (Å²) in [4.78, 5) is 11.7. The first-order valence-electron chi connectivity index (χ1n) is 6.77. The van der Waals surface area contributed by atoms with Crippen LogP contribution in [0.15, 0.2) is 24.3 Å². The van der Waals surface area contributed by atoms with E-state index in [1.165, 1.54) is 11.1 Å². The van der Waals surface area contributed by atoms with Gasteiger partial charge in [0.25, 0.3) is 0 Å². The molecule has 1 amide bonds. The maximum atomic E-state index is 11.7. The Morgan fingerprint density at radius 2 is 1.95 bits per heavy atom. The molecule has 0 aliphatic heterocycles. The number of nitrogens with one attached hydrogen (secondary N) is 1. The number of carbonyl (C=O) groups excluding carboxylic acids is 1. The Morgan fingerprint density at radius 3 is 2.53 bits per heavy atom. The molecular formula is C15H24N2OS. The lowest BCUT2D eigenvalue weighted by Crippen LogP contribution is -2.41. The second-order valence-electron chi connectivity index (χ2n) is 4.60. The van der Waals surface area contributed by atoms with Gasteiger partial charge >= 0.3 is 0 Å². The summed E-state index contributed by atoms with van der Waals surface area (Å²) >= 11 is 1.71. The Balaban J connectivity index is 2.27. The number of nitrogens with two attached hydrogens (primary N) is 1. The summed E-state index contributed by atoms with van der Waals surface area (Å²) in [5.74, 6) is 0.881. The monoisotopic (exact) mass is 280 g/mol. The second kappa shape index (κ2) is 8.99. The molecule has 4 heteroatoms. The van der Waals surface area contributed by atoms with Gasteiger partial charge in [-0.05, 0) is 42.4 Å². The molecule has 0 saturated heterocycles. The average Bonchev–Trinajstić information content (AvgIpc) is 2.45. The van der Waals surface area contributed by atoms with E-state index < -0.39 is 0 Å². The minimum absolute atomic E-state index is 0.0424. The van der Waals surface area contributed by atoms with E-state index in [9.17, 15) is 4.79 Å². The van der Waals surface area contributed by atoms with Gasteiger partial charge in [0, 0.05) is 6.54 Å². The van der Waals surface area contributed by atoms with Crippen LogP contribution in [0.25, 0.3) is 0 Å². The van der Waals surface area contributed by atoms with Gasteiger partial charge < -0.3 is 11.1 Å². The molecule has 0 unspecified atom stereocenters. The Hall–Kier alpha value is -1.00. The number of thioether (sulfide) groups is 1. The largest absolute Gasteiger partial charge is 0.354 e. The van der Waals surface area contributed by atoms with E-state index in [1.54, 1.807) is 11.8 Å². The maximum Gasteiger partial charge on any atom is 0.236 e. The Morgan fingerprint density at radius 1 is 1.32 bits per heavy atom. The normalized spacial score (nSPS) is 12.2. The number of carbonyl (C=O) groups is 1. The topological polar surface area (TPSA) is 55.1 Å². The molecule has 0 aliphatic rings. The number of hydrogen-bond acceptors (Lipinski definition) is 3. The highest BCUT2D eigenvalue weighted by Gasteiger charge is 2.11. The highest BCUT2D eigenvalue weighted by molar-refractivity contribution is 7.98. The fourth-order valence-corrected chi connectivity index (χ4v) is 2.27. The zero-order chi connectivity index (χ0) is 14.1. The number of rotatable bonds is 8. The molecule has 3 N–H and O–H groups in total. The average molecular weight is 280 g/mol. The van der Waals surface area contributed by atoms with Crippen LogP contribution in [-0.2, 0) is 17.6 Å². The molecule has 0 aromatic heterocycles. The Labute approximate surface area is 120 Å². The molecule has 0 bridgehead atoms. The number of amides is 1. The molecule has 1 atom stereocenters. The van der Waals surface area contributed by atoms with E-state index in [0.717, 1.165) is 25.0 Å². The summed E-state index contributed by atoms with van der Waals surface area (Å²) in [5, 5.41) is 2.90. The van der Waals surface area contributed by atoms with Gasteiger partial charge in [0.15, 0.2) is 0 Å². The van der Waals surface area contributed by atoms with Crippen molar-refractivity contribution in [3.63, 3.8) is 0 Å². The summed E-state index contributed by atoms with van der Waals surface area (Å²) < 4.78 is 0. The summed E-state index contributed by atoms with van der Waals surface area (Å²) in [6, 6.07) is 8.15. The lowest BCUT2D eigenvalue weighted by Gasteiger charge is -2.11. The standard InChI is InChI=1S/C15H24N2OS/c1-3-12-4-6-13(7-5-12)8-10-17-15(18)14(16)9-11-19-2/h4-7,14H,3,8-11,16H2,1-2H3,(H,17,18)/t14-/m0/s1. The first-order valence-corrected chi connectivity index (χ1v) is 8.16. The quantitative estimate of drug-likeness (QED) is 0.765. The molecule has 3 nitrogen and oxygen atoms in total. The fraction of sp³-hybridized carbons (Fsp3) is 0.533. The molecule has 1 aromatic rings.